The molecule has 5 heteroatoms. The van der Waals surface area contributed by atoms with E-state index in [-0.39, 0.29) is 5.88 Å². The zero-order valence-corrected chi connectivity index (χ0v) is 9.87. The molecule has 1 aliphatic rings. The van der Waals surface area contributed by atoms with Crippen molar-refractivity contribution in [3.05, 3.63) is 5.89 Å². The average molecular weight is 230 g/mol. The Morgan fingerprint density at radius 2 is 2.33 bits per heavy atom. The van der Waals surface area contributed by atoms with Gasteiger partial charge in [0.25, 0.3) is 0 Å². The number of rotatable bonds is 3. The zero-order chi connectivity index (χ0) is 10.8. The van der Waals surface area contributed by atoms with Gasteiger partial charge in [-0.1, -0.05) is 18.9 Å². The lowest BCUT2D eigenvalue weighted by molar-refractivity contribution is 0.443. The minimum atomic E-state index is 0.285. The molecule has 0 spiro atoms. The van der Waals surface area contributed by atoms with Crippen molar-refractivity contribution in [1.82, 2.24) is 10.2 Å². The largest absolute Gasteiger partial charge is 0.407 e. The highest BCUT2D eigenvalue weighted by atomic mass is 35.5. The lowest BCUT2D eigenvalue weighted by Crippen LogP contribution is -2.33. The van der Waals surface area contributed by atoms with E-state index in [1.807, 2.05) is 0 Å². The van der Waals surface area contributed by atoms with Crippen molar-refractivity contribution in [2.75, 3.05) is 11.4 Å². The third kappa shape index (κ3) is 2.09. The van der Waals surface area contributed by atoms with E-state index in [1.54, 1.807) is 0 Å². The predicted molar refractivity (Wildman–Crippen MR) is 59.1 cm³/mol. The molecule has 0 saturated carbocycles. The first kappa shape index (κ1) is 10.7. The SMILES string of the molecule is CC(C)C1CCCN1c1nnc(CCl)o1. The van der Waals surface area contributed by atoms with Crippen LogP contribution in [0.1, 0.15) is 32.6 Å². The summed E-state index contributed by atoms with van der Waals surface area (Å²) in [5.41, 5.74) is 0. The number of halogens is 1. The van der Waals surface area contributed by atoms with Crippen molar-refractivity contribution < 1.29 is 4.42 Å². The summed E-state index contributed by atoms with van der Waals surface area (Å²) >= 11 is 5.63. The Kier molecular flexibility index (Phi) is 3.14. The highest BCUT2D eigenvalue weighted by molar-refractivity contribution is 6.16. The molecule has 0 amide bonds. The van der Waals surface area contributed by atoms with E-state index in [0.717, 1.165) is 6.54 Å². The molecule has 1 fully saturated rings. The molecule has 15 heavy (non-hydrogen) atoms. The van der Waals surface area contributed by atoms with Gasteiger partial charge in [0, 0.05) is 12.6 Å². The van der Waals surface area contributed by atoms with Crippen LogP contribution in [0, 0.1) is 5.92 Å². The molecule has 1 atom stereocenters. The van der Waals surface area contributed by atoms with Gasteiger partial charge in [-0.3, -0.25) is 0 Å². The van der Waals surface area contributed by atoms with Crippen molar-refractivity contribution in [3.8, 4) is 0 Å². The van der Waals surface area contributed by atoms with Crippen LogP contribution in [0.15, 0.2) is 4.42 Å². The summed E-state index contributed by atoms with van der Waals surface area (Å²) in [4.78, 5) is 2.20. The summed E-state index contributed by atoms with van der Waals surface area (Å²) < 4.78 is 5.47. The van der Waals surface area contributed by atoms with Gasteiger partial charge in [-0.05, 0) is 18.8 Å². The molecule has 1 aliphatic heterocycles. The molecular formula is C10H16ClN3O. The number of aromatic nitrogens is 2. The molecule has 0 bridgehead atoms. The Morgan fingerprint density at radius 3 is 2.93 bits per heavy atom. The number of alkyl halides is 1. The van der Waals surface area contributed by atoms with Gasteiger partial charge in [-0.15, -0.1) is 16.7 Å². The van der Waals surface area contributed by atoms with E-state index < -0.39 is 0 Å². The second-order valence-electron chi connectivity index (χ2n) is 4.26. The van der Waals surface area contributed by atoms with Crippen LogP contribution >= 0.6 is 11.6 Å². The van der Waals surface area contributed by atoms with E-state index in [9.17, 15) is 0 Å². The maximum atomic E-state index is 5.63. The van der Waals surface area contributed by atoms with Crippen LogP contribution in [-0.2, 0) is 5.88 Å². The Labute approximate surface area is 94.6 Å². The molecule has 2 heterocycles. The summed E-state index contributed by atoms with van der Waals surface area (Å²) in [6, 6.07) is 1.15. The van der Waals surface area contributed by atoms with Gasteiger partial charge in [0.2, 0.25) is 5.89 Å². The standard InChI is InChI=1S/C10H16ClN3O/c1-7(2)8-4-3-5-14(8)10-13-12-9(6-11)15-10/h7-8H,3-6H2,1-2H3. The van der Waals surface area contributed by atoms with Crippen LogP contribution in [0.4, 0.5) is 6.01 Å². The third-order valence-corrected chi connectivity index (χ3v) is 3.11. The van der Waals surface area contributed by atoms with Gasteiger partial charge in [0.1, 0.15) is 5.88 Å². The quantitative estimate of drug-likeness (QED) is 0.747. The molecule has 1 unspecified atom stereocenters. The fourth-order valence-electron chi connectivity index (χ4n) is 2.14. The second kappa shape index (κ2) is 4.39. The van der Waals surface area contributed by atoms with Crippen molar-refractivity contribution in [2.24, 2.45) is 5.92 Å². The summed E-state index contributed by atoms with van der Waals surface area (Å²) in [5, 5.41) is 7.91. The van der Waals surface area contributed by atoms with Crippen LogP contribution in [0.25, 0.3) is 0 Å². The predicted octanol–water partition coefficient (Wildman–Crippen LogP) is 2.43. The summed E-state index contributed by atoms with van der Waals surface area (Å²) in [7, 11) is 0. The molecule has 0 radical (unpaired) electrons. The van der Waals surface area contributed by atoms with Crippen molar-refractivity contribution in [1.29, 1.82) is 0 Å². The molecular weight excluding hydrogens is 214 g/mol. The Hall–Kier alpha value is -0.770. The molecule has 1 saturated heterocycles. The molecule has 1 aromatic rings. The normalized spacial score (nSPS) is 21.6. The first-order chi connectivity index (χ1) is 7.22. The maximum Gasteiger partial charge on any atom is 0.318 e. The molecule has 0 aromatic carbocycles. The summed E-state index contributed by atoms with van der Waals surface area (Å²) in [6.07, 6.45) is 2.40. The van der Waals surface area contributed by atoms with E-state index in [2.05, 4.69) is 28.9 Å². The lowest BCUT2D eigenvalue weighted by atomic mass is 10.0. The minimum absolute atomic E-state index is 0.285. The Balaban J connectivity index is 2.15. The summed E-state index contributed by atoms with van der Waals surface area (Å²) in [5.74, 6) is 1.40. The molecule has 0 aliphatic carbocycles. The van der Waals surface area contributed by atoms with E-state index >= 15 is 0 Å². The van der Waals surface area contributed by atoms with Crippen molar-refractivity contribution in [2.45, 2.75) is 38.6 Å². The number of hydrogen-bond donors (Lipinski definition) is 0. The molecule has 1 aromatic heterocycles. The highest BCUT2D eigenvalue weighted by Gasteiger charge is 2.30. The molecule has 4 nitrogen and oxygen atoms in total. The summed E-state index contributed by atoms with van der Waals surface area (Å²) in [6.45, 7) is 5.45. The van der Waals surface area contributed by atoms with E-state index in [1.165, 1.54) is 12.8 Å². The fraction of sp³-hybridized carbons (Fsp3) is 0.800. The van der Waals surface area contributed by atoms with Crippen molar-refractivity contribution in [3.63, 3.8) is 0 Å². The van der Waals surface area contributed by atoms with Crippen molar-refractivity contribution >= 4 is 17.6 Å². The van der Waals surface area contributed by atoms with Gasteiger partial charge in [-0.25, -0.2) is 0 Å². The monoisotopic (exact) mass is 229 g/mol. The Morgan fingerprint density at radius 1 is 1.53 bits per heavy atom. The second-order valence-corrected chi connectivity index (χ2v) is 4.53. The topological polar surface area (TPSA) is 42.2 Å². The van der Waals surface area contributed by atoms with Gasteiger partial charge in [0.15, 0.2) is 0 Å². The molecule has 0 N–H and O–H groups in total. The van der Waals surface area contributed by atoms with Gasteiger partial charge in [0.05, 0.1) is 0 Å². The molecule has 84 valence electrons. The van der Waals surface area contributed by atoms with Crippen LogP contribution in [0.2, 0.25) is 0 Å². The lowest BCUT2D eigenvalue weighted by Gasteiger charge is -2.25. The fourth-order valence-corrected chi connectivity index (χ4v) is 2.25. The number of anilines is 1. The molecule has 2 rings (SSSR count). The van der Waals surface area contributed by atoms with Gasteiger partial charge in [-0.2, -0.15) is 0 Å². The van der Waals surface area contributed by atoms with Gasteiger partial charge < -0.3 is 9.32 Å². The minimum Gasteiger partial charge on any atom is -0.407 e. The first-order valence-corrected chi connectivity index (χ1v) is 5.91. The van der Waals surface area contributed by atoms with Crippen LogP contribution in [-0.4, -0.2) is 22.8 Å². The van der Waals surface area contributed by atoms with Crippen LogP contribution in [0.5, 0.6) is 0 Å². The van der Waals surface area contributed by atoms with Crippen LogP contribution < -0.4 is 4.90 Å². The van der Waals surface area contributed by atoms with E-state index in [0.29, 0.717) is 23.9 Å². The highest BCUT2D eigenvalue weighted by Crippen LogP contribution is 2.28. The first-order valence-electron chi connectivity index (χ1n) is 5.37. The van der Waals surface area contributed by atoms with Crippen LogP contribution in [0.3, 0.4) is 0 Å². The maximum absolute atomic E-state index is 5.63. The average Bonchev–Trinajstić information content (AvgIpc) is 2.85. The van der Waals surface area contributed by atoms with Gasteiger partial charge >= 0.3 is 6.01 Å². The number of nitrogens with zero attached hydrogens (tertiary/aromatic N) is 3. The number of hydrogen-bond acceptors (Lipinski definition) is 4. The van der Waals surface area contributed by atoms with E-state index in [4.69, 9.17) is 16.0 Å². The smallest absolute Gasteiger partial charge is 0.318 e. The Bertz CT molecular complexity index is 326. The zero-order valence-electron chi connectivity index (χ0n) is 9.11. The third-order valence-electron chi connectivity index (χ3n) is 2.88.